The molecule has 0 spiro atoms. The fraction of sp³-hybridized carbons (Fsp3) is 0.500. The molecule has 0 saturated heterocycles. The van der Waals surface area contributed by atoms with Crippen molar-refractivity contribution in [3.8, 4) is 0 Å². The summed E-state index contributed by atoms with van der Waals surface area (Å²) in [6.45, 7) is 5.88. The standard InChI is InChI=1S/C30H38F2N2O4/c1-18(2)13-23(16-26(30(37)33-11-12-38-4)25-10-9-24(31)17-27(25)32)29(36)34-28(19(3)35)22-14-20-7-5-6-8-21(20)15-22/h5-10,17-18,22-23,26,28H,11-16H2,1-4H3,(H,33,37)(H,34,36)/t23-,26?,28-/m0/s1. The van der Waals surface area contributed by atoms with Crippen LogP contribution < -0.4 is 10.6 Å². The van der Waals surface area contributed by atoms with Gasteiger partial charge in [-0.2, -0.15) is 0 Å². The van der Waals surface area contributed by atoms with E-state index in [1.807, 2.05) is 38.1 Å². The third-order valence-corrected chi connectivity index (χ3v) is 7.20. The lowest BCUT2D eigenvalue weighted by atomic mass is 9.82. The van der Waals surface area contributed by atoms with Crippen LogP contribution in [0, 0.1) is 29.4 Å². The zero-order chi connectivity index (χ0) is 27.8. The Balaban J connectivity index is 1.84. The monoisotopic (exact) mass is 528 g/mol. The van der Waals surface area contributed by atoms with E-state index in [0.717, 1.165) is 12.1 Å². The van der Waals surface area contributed by atoms with Crippen molar-refractivity contribution in [2.45, 2.75) is 58.4 Å². The van der Waals surface area contributed by atoms with Gasteiger partial charge < -0.3 is 15.4 Å². The molecular formula is C30H38F2N2O4. The summed E-state index contributed by atoms with van der Waals surface area (Å²) in [5.74, 6) is -4.16. The highest BCUT2D eigenvalue weighted by atomic mass is 19.1. The predicted molar refractivity (Wildman–Crippen MR) is 141 cm³/mol. The molecule has 0 fully saturated rings. The molecule has 8 heteroatoms. The van der Waals surface area contributed by atoms with Crippen LogP contribution in [0.1, 0.15) is 56.2 Å². The molecule has 0 heterocycles. The van der Waals surface area contributed by atoms with Gasteiger partial charge in [0.15, 0.2) is 5.78 Å². The minimum Gasteiger partial charge on any atom is -0.383 e. The normalized spacial score (nSPS) is 15.6. The van der Waals surface area contributed by atoms with E-state index < -0.39 is 35.4 Å². The number of ketones is 1. The molecule has 1 aliphatic carbocycles. The van der Waals surface area contributed by atoms with E-state index in [0.29, 0.717) is 19.3 Å². The Morgan fingerprint density at radius 3 is 2.21 bits per heavy atom. The molecule has 0 aromatic heterocycles. The van der Waals surface area contributed by atoms with E-state index in [1.54, 1.807) is 0 Å². The Bertz CT molecular complexity index is 1110. The number of fused-ring (bicyclic) bond motifs is 1. The molecule has 0 saturated carbocycles. The quantitative estimate of drug-likeness (QED) is 0.379. The summed E-state index contributed by atoms with van der Waals surface area (Å²) < 4.78 is 33.5. The second-order valence-corrected chi connectivity index (χ2v) is 10.6. The van der Waals surface area contributed by atoms with Gasteiger partial charge in [-0.05, 0) is 61.6 Å². The minimum atomic E-state index is -1.02. The van der Waals surface area contributed by atoms with E-state index >= 15 is 0 Å². The highest BCUT2D eigenvalue weighted by Gasteiger charge is 2.36. The Labute approximate surface area is 223 Å². The third kappa shape index (κ3) is 7.69. The average molecular weight is 529 g/mol. The first-order valence-electron chi connectivity index (χ1n) is 13.2. The SMILES string of the molecule is COCCNC(=O)C(C[C@H](CC(C)C)C(=O)N[C@@H](C(C)=O)C1Cc2ccccc2C1)c1ccc(F)cc1F. The van der Waals surface area contributed by atoms with Gasteiger partial charge in [-0.15, -0.1) is 0 Å². The first kappa shape index (κ1) is 29.4. The number of carbonyl (C=O) groups is 3. The molecule has 2 aromatic carbocycles. The molecule has 1 unspecified atom stereocenters. The molecule has 0 radical (unpaired) electrons. The largest absolute Gasteiger partial charge is 0.383 e. The number of ether oxygens (including phenoxy) is 1. The van der Waals surface area contributed by atoms with Crippen molar-refractivity contribution < 1.29 is 27.9 Å². The van der Waals surface area contributed by atoms with Crippen LogP contribution in [0.15, 0.2) is 42.5 Å². The van der Waals surface area contributed by atoms with Gasteiger partial charge in [-0.25, -0.2) is 8.78 Å². The highest BCUT2D eigenvalue weighted by Crippen LogP contribution is 2.32. The van der Waals surface area contributed by atoms with Crippen LogP contribution in [0.3, 0.4) is 0 Å². The van der Waals surface area contributed by atoms with E-state index in [1.165, 1.54) is 31.2 Å². The smallest absolute Gasteiger partial charge is 0.227 e. The predicted octanol–water partition coefficient (Wildman–Crippen LogP) is 4.35. The fourth-order valence-corrected chi connectivity index (χ4v) is 5.37. The van der Waals surface area contributed by atoms with Gasteiger partial charge in [0.1, 0.15) is 11.6 Å². The van der Waals surface area contributed by atoms with Crippen LogP contribution in [-0.2, 0) is 32.0 Å². The van der Waals surface area contributed by atoms with Gasteiger partial charge in [-0.1, -0.05) is 44.2 Å². The molecular weight excluding hydrogens is 490 g/mol. The first-order valence-corrected chi connectivity index (χ1v) is 13.2. The number of methoxy groups -OCH3 is 1. The number of Topliss-reactive ketones (excluding diaryl/α,β-unsaturated/α-hetero) is 1. The Morgan fingerprint density at radius 1 is 1.00 bits per heavy atom. The number of amides is 2. The summed E-state index contributed by atoms with van der Waals surface area (Å²) in [6.07, 6.45) is 1.84. The molecule has 206 valence electrons. The number of benzene rings is 2. The van der Waals surface area contributed by atoms with Crippen LogP contribution in [0.5, 0.6) is 0 Å². The van der Waals surface area contributed by atoms with E-state index in [4.69, 9.17) is 4.74 Å². The summed E-state index contributed by atoms with van der Waals surface area (Å²) in [5.41, 5.74) is 2.38. The van der Waals surface area contributed by atoms with Crippen molar-refractivity contribution in [2.24, 2.45) is 17.8 Å². The second kappa shape index (κ2) is 13.6. The Morgan fingerprint density at radius 2 is 1.66 bits per heavy atom. The van der Waals surface area contributed by atoms with E-state index in [-0.39, 0.29) is 48.7 Å². The Hall–Kier alpha value is -3.13. The first-order chi connectivity index (χ1) is 18.1. The van der Waals surface area contributed by atoms with Gasteiger partial charge in [-0.3, -0.25) is 14.4 Å². The maximum atomic E-state index is 14.8. The van der Waals surface area contributed by atoms with Crippen molar-refractivity contribution >= 4 is 17.6 Å². The number of hydrogen-bond donors (Lipinski definition) is 2. The number of rotatable bonds is 13. The molecule has 2 amide bonds. The molecule has 3 rings (SSSR count). The van der Waals surface area contributed by atoms with Crippen molar-refractivity contribution in [2.75, 3.05) is 20.3 Å². The maximum absolute atomic E-state index is 14.8. The zero-order valence-corrected chi connectivity index (χ0v) is 22.6. The summed E-state index contributed by atoms with van der Waals surface area (Å²) >= 11 is 0. The van der Waals surface area contributed by atoms with E-state index in [9.17, 15) is 23.2 Å². The zero-order valence-electron chi connectivity index (χ0n) is 22.6. The third-order valence-electron chi connectivity index (χ3n) is 7.20. The van der Waals surface area contributed by atoms with Gasteiger partial charge in [0.2, 0.25) is 11.8 Å². The molecule has 1 aliphatic rings. The van der Waals surface area contributed by atoms with Crippen molar-refractivity contribution in [1.29, 1.82) is 0 Å². The molecule has 6 nitrogen and oxygen atoms in total. The number of carbonyl (C=O) groups excluding carboxylic acids is 3. The van der Waals surface area contributed by atoms with Gasteiger partial charge in [0.05, 0.1) is 18.6 Å². The molecule has 3 atom stereocenters. The molecule has 2 N–H and O–H groups in total. The van der Waals surface area contributed by atoms with Crippen molar-refractivity contribution in [3.05, 3.63) is 70.8 Å². The van der Waals surface area contributed by atoms with Crippen LogP contribution in [0.4, 0.5) is 8.78 Å². The van der Waals surface area contributed by atoms with Crippen molar-refractivity contribution in [1.82, 2.24) is 10.6 Å². The molecule has 0 aliphatic heterocycles. The molecule has 38 heavy (non-hydrogen) atoms. The average Bonchev–Trinajstić information content (AvgIpc) is 3.29. The van der Waals surface area contributed by atoms with Crippen LogP contribution in [0.25, 0.3) is 0 Å². The van der Waals surface area contributed by atoms with Crippen LogP contribution >= 0.6 is 0 Å². The van der Waals surface area contributed by atoms with E-state index in [2.05, 4.69) is 10.6 Å². The highest BCUT2D eigenvalue weighted by molar-refractivity contribution is 5.90. The summed E-state index contributed by atoms with van der Waals surface area (Å²) in [4.78, 5) is 39.5. The lowest BCUT2D eigenvalue weighted by Gasteiger charge is -2.28. The topological polar surface area (TPSA) is 84.5 Å². The number of hydrogen-bond acceptors (Lipinski definition) is 4. The summed E-state index contributed by atoms with van der Waals surface area (Å²) in [6, 6.07) is 10.5. The molecule has 0 bridgehead atoms. The summed E-state index contributed by atoms with van der Waals surface area (Å²) in [5, 5.41) is 5.70. The number of halogens is 2. The van der Waals surface area contributed by atoms with Gasteiger partial charge in [0.25, 0.3) is 0 Å². The van der Waals surface area contributed by atoms with Crippen LogP contribution in [0.2, 0.25) is 0 Å². The van der Waals surface area contributed by atoms with Gasteiger partial charge >= 0.3 is 0 Å². The second-order valence-electron chi connectivity index (χ2n) is 10.6. The maximum Gasteiger partial charge on any atom is 0.227 e. The summed E-state index contributed by atoms with van der Waals surface area (Å²) in [7, 11) is 1.50. The van der Waals surface area contributed by atoms with Gasteiger partial charge in [0, 0.05) is 31.2 Å². The Kier molecular flexibility index (Phi) is 10.5. The number of nitrogens with one attached hydrogen (secondary N) is 2. The fourth-order valence-electron chi connectivity index (χ4n) is 5.37. The lowest BCUT2D eigenvalue weighted by molar-refractivity contribution is -0.132. The van der Waals surface area contributed by atoms with Crippen molar-refractivity contribution in [3.63, 3.8) is 0 Å². The van der Waals surface area contributed by atoms with Crippen LogP contribution in [-0.4, -0.2) is 43.9 Å². The minimum absolute atomic E-state index is 0.0148. The lowest BCUT2D eigenvalue weighted by Crippen LogP contribution is -2.48. The molecule has 2 aromatic rings.